The van der Waals surface area contributed by atoms with Crippen LogP contribution in [0.1, 0.15) is 114 Å². The number of amides is 1. The number of rotatable bonds is 13. The number of nitrogens with two attached hydrogens (primary N) is 1. The van der Waals surface area contributed by atoms with Crippen LogP contribution in [0.4, 0.5) is 5.69 Å². The summed E-state index contributed by atoms with van der Waals surface area (Å²) in [6.07, 6.45) is 8.11. The van der Waals surface area contributed by atoms with Crippen LogP contribution < -0.4 is 20.1 Å². The zero-order chi connectivity index (χ0) is 35.9. The molecule has 49 heavy (non-hydrogen) atoms. The molecule has 3 aliphatic rings. The molecule has 10 heteroatoms. The van der Waals surface area contributed by atoms with Crippen molar-refractivity contribution in [2.24, 2.45) is 23.5 Å². The molecule has 0 radical (unpaired) electrons. The average Bonchev–Trinajstić information content (AvgIpc) is 3.30. The monoisotopic (exact) mass is 719 g/mol. The zero-order valence-corrected chi connectivity index (χ0v) is 32.5. The maximum Gasteiger partial charge on any atom is 0.263 e. The molecule has 1 saturated carbocycles. The summed E-state index contributed by atoms with van der Waals surface area (Å²) in [7, 11) is 0.0327. The topological polar surface area (TPSA) is 103 Å². The molecule has 276 valence electrons. The van der Waals surface area contributed by atoms with Gasteiger partial charge in [-0.1, -0.05) is 65.1 Å². The lowest BCUT2D eigenvalue weighted by molar-refractivity contribution is -0.192. The molecule has 2 fully saturated rings. The molecule has 5 rings (SSSR count). The number of aryl methyl sites for hydroxylation is 1. The van der Waals surface area contributed by atoms with Crippen LogP contribution in [0.5, 0.6) is 5.75 Å². The summed E-state index contributed by atoms with van der Waals surface area (Å²) < 4.78 is 34.2. The van der Waals surface area contributed by atoms with Gasteiger partial charge in [0.25, 0.3) is 5.91 Å². The molecule has 0 bridgehead atoms. The summed E-state index contributed by atoms with van der Waals surface area (Å²) >= 11 is 6.43. The van der Waals surface area contributed by atoms with Crippen LogP contribution in [-0.4, -0.2) is 61.6 Å². The first-order chi connectivity index (χ1) is 23.8. The maximum atomic E-state index is 13.4. The Morgan fingerprint density at radius 3 is 2.41 bits per heavy atom. The molecule has 8 nitrogen and oxygen atoms in total. The van der Waals surface area contributed by atoms with E-state index in [1.807, 2.05) is 39.0 Å². The largest absolute Gasteiger partial charge is 0.491 e. The second-order valence-corrected chi connectivity index (χ2v) is 15.2. The first kappa shape index (κ1) is 41.3. The Balaban J connectivity index is 0.00000157. The molecule has 2 heterocycles. The minimum absolute atomic E-state index is 0.108. The van der Waals surface area contributed by atoms with Gasteiger partial charge in [0.2, 0.25) is 0 Å². The van der Waals surface area contributed by atoms with Gasteiger partial charge in [0, 0.05) is 36.0 Å². The van der Waals surface area contributed by atoms with Crippen molar-refractivity contribution in [2.75, 3.05) is 44.9 Å². The van der Waals surface area contributed by atoms with Crippen LogP contribution in [0.3, 0.4) is 0 Å². The lowest BCUT2D eigenvalue weighted by atomic mass is 9.71. The number of fused-ring (bicyclic) bond motifs is 1. The summed E-state index contributed by atoms with van der Waals surface area (Å²) in [6.45, 7) is 16.1. The average molecular weight is 720 g/mol. The normalized spacial score (nSPS) is 22.3. The van der Waals surface area contributed by atoms with Crippen molar-refractivity contribution in [1.29, 1.82) is 0 Å². The number of anilines is 1. The lowest BCUT2D eigenvalue weighted by Gasteiger charge is -2.42. The molecule has 3 N–H and O–H groups in total. The molecule has 2 aromatic rings. The molecule has 2 aromatic carbocycles. The van der Waals surface area contributed by atoms with E-state index >= 15 is 0 Å². The molecule has 0 spiro atoms. The van der Waals surface area contributed by atoms with E-state index in [-0.39, 0.29) is 29.3 Å². The summed E-state index contributed by atoms with van der Waals surface area (Å²) in [5.74, 6) is 1.90. The Morgan fingerprint density at radius 2 is 1.76 bits per heavy atom. The lowest BCUT2D eigenvalue weighted by Crippen LogP contribution is -2.42. The maximum absolute atomic E-state index is 13.4. The number of halogens is 1. The number of nitrogens with one attached hydrogen (secondary N) is 1. The Labute approximate surface area is 303 Å². The first-order valence-corrected chi connectivity index (χ1v) is 20.2. The predicted octanol–water partition coefficient (Wildman–Crippen LogP) is 8.27. The summed E-state index contributed by atoms with van der Waals surface area (Å²) in [4.78, 5) is 15.8. The van der Waals surface area contributed by atoms with Crippen LogP contribution in [-0.2, 0) is 26.9 Å². The van der Waals surface area contributed by atoms with Gasteiger partial charge < -0.3 is 24.8 Å². The highest BCUT2D eigenvalue weighted by atomic mass is 35.5. The van der Waals surface area contributed by atoms with E-state index in [1.54, 1.807) is 6.07 Å². The van der Waals surface area contributed by atoms with E-state index < -0.39 is 11.0 Å². The Morgan fingerprint density at radius 1 is 1.04 bits per heavy atom. The Kier molecular flexibility index (Phi) is 17.9. The van der Waals surface area contributed by atoms with E-state index in [1.165, 1.54) is 24.6 Å². The van der Waals surface area contributed by atoms with Crippen LogP contribution in [0, 0.1) is 17.8 Å². The number of hydrogen-bond donors (Lipinski definition) is 2. The molecule has 1 aliphatic carbocycles. The molecule has 0 aromatic heterocycles. The molecule has 1 saturated heterocycles. The van der Waals surface area contributed by atoms with E-state index in [0.717, 1.165) is 87.7 Å². The highest BCUT2D eigenvalue weighted by Gasteiger charge is 2.37. The number of hydrogen-bond acceptors (Lipinski definition) is 7. The minimum atomic E-state index is -1.47. The van der Waals surface area contributed by atoms with Gasteiger partial charge in [0.1, 0.15) is 16.7 Å². The van der Waals surface area contributed by atoms with E-state index in [2.05, 4.69) is 48.3 Å². The Hall–Kier alpha value is -2.17. The van der Waals surface area contributed by atoms with Gasteiger partial charge >= 0.3 is 0 Å². The minimum Gasteiger partial charge on any atom is -0.491 e. The third-order valence-electron chi connectivity index (χ3n) is 10.0. The van der Waals surface area contributed by atoms with Crippen molar-refractivity contribution in [3.63, 3.8) is 0 Å². The Bertz CT molecular complexity index is 1320. The van der Waals surface area contributed by atoms with Crippen LogP contribution in [0.15, 0.2) is 36.4 Å². The van der Waals surface area contributed by atoms with Crippen molar-refractivity contribution in [3.05, 3.63) is 58.1 Å². The van der Waals surface area contributed by atoms with Gasteiger partial charge in [-0.3, -0.25) is 9.52 Å². The van der Waals surface area contributed by atoms with Crippen molar-refractivity contribution in [3.8, 4) is 5.75 Å². The fraction of sp³-hybridized carbons (Fsp3) is 0.667. The summed E-state index contributed by atoms with van der Waals surface area (Å²) in [5, 5.41) is 0.632. The predicted molar refractivity (Wildman–Crippen MR) is 204 cm³/mol. The van der Waals surface area contributed by atoms with Crippen molar-refractivity contribution in [1.82, 2.24) is 4.72 Å². The van der Waals surface area contributed by atoms with Crippen LogP contribution in [0.2, 0.25) is 5.02 Å². The molecule has 6 unspecified atom stereocenters. The highest BCUT2D eigenvalue weighted by Crippen LogP contribution is 2.43. The molecule has 6 atom stereocenters. The van der Waals surface area contributed by atoms with Gasteiger partial charge in [-0.05, 0) is 105 Å². The van der Waals surface area contributed by atoms with Gasteiger partial charge in [-0.25, -0.2) is 4.21 Å². The standard InChI is InChI=1S/C36H51ClN2O5S.C2H6.CH5N/c1-5-8-24(3)25(4)45(41)38-36(40)28-12-15-34-33(19-28)39(21-29-11-10-26(29)20-35-42-16-7-17-43-35)22-30(23-44-34)32-14-13-31(37)18-27(32)9-6-2;2*1-2/h12-15,18-19,24-26,29-30,35H,5-11,16-17,20-23H2,1-4H3,(H,38,40);1-2H3;2H2,1H3. The number of carbonyl (C=O) groups excluding carboxylic acids is 1. The summed E-state index contributed by atoms with van der Waals surface area (Å²) in [5.41, 5.74) is 8.46. The fourth-order valence-corrected chi connectivity index (χ4v) is 8.23. The molecule has 2 aliphatic heterocycles. The molecule has 1 amide bonds. The molecular weight excluding hydrogens is 658 g/mol. The van der Waals surface area contributed by atoms with Crippen LogP contribution >= 0.6 is 11.6 Å². The van der Waals surface area contributed by atoms with Crippen molar-refractivity contribution in [2.45, 2.75) is 110 Å². The van der Waals surface area contributed by atoms with Gasteiger partial charge in [-0.2, -0.15) is 0 Å². The zero-order valence-electron chi connectivity index (χ0n) is 31.0. The third kappa shape index (κ3) is 11.4. The third-order valence-corrected chi connectivity index (χ3v) is 11.8. The smallest absolute Gasteiger partial charge is 0.263 e. The number of ether oxygens (including phenoxy) is 3. The van der Waals surface area contributed by atoms with E-state index in [9.17, 15) is 9.00 Å². The van der Waals surface area contributed by atoms with Gasteiger partial charge in [-0.15, -0.1) is 0 Å². The number of carbonyl (C=O) groups is 1. The number of nitrogens with zero attached hydrogens (tertiary/aromatic N) is 1. The van der Waals surface area contributed by atoms with Crippen molar-refractivity contribution < 1.29 is 23.2 Å². The van der Waals surface area contributed by atoms with E-state index in [4.69, 9.17) is 25.8 Å². The quantitative estimate of drug-likeness (QED) is 0.215. The fourth-order valence-electron chi connectivity index (χ4n) is 6.99. The second kappa shape index (κ2) is 21.3. The SMILES string of the molecule is CC.CCCc1cc(Cl)ccc1C1COc2ccc(C(=O)NS(=O)C(C)C(C)CCC)cc2N(CC2CCC2CC2OCCCO2)C1.CN. The highest BCUT2D eigenvalue weighted by molar-refractivity contribution is 7.84. The summed E-state index contributed by atoms with van der Waals surface area (Å²) in [6, 6.07) is 11.9. The van der Waals surface area contributed by atoms with Crippen LogP contribution in [0.25, 0.3) is 0 Å². The van der Waals surface area contributed by atoms with Crippen molar-refractivity contribution >= 4 is 34.2 Å². The molecular formula is C39H62ClN3O5S. The van der Waals surface area contributed by atoms with E-state index in [0.29, 0.717) is 24.0 Å². The second-order valence-electron chi connectivity index (χ2n) is 13.2. The van der Waals surface area contributed by atoms with Gasteiger partial charge in [0.15, 0.2) is 6.29 Å². The number of benzene rings is 2. The van der Waals surface area contributed by atoms with Gasteiger partial charge in [0.05, 0.1) is 30.8 Å². The first-order valence-electron chi connectivity index (χ1n) is 18.6.